The number of unbranched alkanes of at least 4 members (excludes halogenated alkanes) is 40. The summed E-state index contributed by atoms with van der Waals surface area (Å²) in [5.74, 6) is -1.56. The van der Waals surface area contributed by atoms with E-state index in [1.54, 1.807) is 0 Å². The lowest BCUT2D eigenvalue weighted by molar-refractivity contribution is -0.161. The van der Waals surface area contributed by atoms with E-state index in [9.17, 15) is 43.5 Å². The van der Waals surface area contributed by atoms with Crippen LogP contribution in [0.1, 0.15) is 380 Å². The smallest absolute Gasteiger partial charge is 0.463 e. The summed E-state index contributed by atoms with van der Waals surface area (Å²) < 4.78 is 61.4. The Morgan fingerprint density at radius 2 is 0.486 bits per heavy atom. The summed E-state index contributed by atoms with van der Waals surface area (Å²) in [5, 5.41) is 20.7. The molecule has 18 heteroatoms. The Kier molecular flexibility index (Phi) is 80.3. The fourth-order valence-corrected chi connectivity index (χ4v) is 13.6. The minimum atomic E-state index is -4.93. The van der Waals surface area contributed by atoms with E-state index in [2.05, 4.69) is 142 Å². The number of phosphoric ester groups is 2. The van der Waals surface area contributed by atoms with Crippen molar-refractivity contribution in [3.05, 3.63) is 122 Å². The number of ether oxygens (including phenoxy) is 3. The van der Waals surface area contributed by atoms with Crippen LogP contribution in [-0.4, -0.2) is 95.9 Å². The van der Waals surface area contributed by atoms with Crippen LogP contribution in [0.2, 0.25) is 0 Å². The van der Waals surface area contributed by atoms with Crippen LogP contribution < -0.4 is 0 Å². The molecule has 0 aliphatic rings. The number of aliphatic hydroxyl groups is 2. The van der Waals surface area contributed by atoms with E-state index in [1.165, 1.54) is 180 Å². The third-order valence-electron chi connectivity index (χ3n) is 18.7. The summed E-state index contributed by atoms with van der Waals surface area (Å²) in [5.41, 5.74) is 0. The molecule has 0 heterocycles. The molecule has 0 aliphatic carbocycles. The highest BCUT2D eigenvalue weighted by Gasteiger charge is 2.29. The second-order valence-electron chi connectivity index (χ2n) is 29.3. The minimum absolute atomic E-state index is 0.108. The second kappa shape index (κ2) is 83.4. The van der Waals surface area contributed by atoms with Crippen molar-refractivity contribution >= 4 is 33.6 Å². The van der Waals surface area contributed by atoms with Crippen molar-refractivity contribution in [2.75, 3.05) is 39.6 Å². The molecule has 5 atom stereocenters. The molecule has 0 rings (SSSR count). The van der Waals surface area contributed by atoms with Gasteiger partial charge in [-0.3, -0.25) is 32.5 Å². The maximum absolute atomic E-state index is 13.0. The fraction of sp³-hybridized carbons (Fsp3) is 0.747. The summed E-state index contributed by atoms with van der Waals surface area (Å²) in [4.78, 5) is 58.8. The van der Waals surface area contributed by atoms with Crippen LogP contribution in [0.3, 0.4) is 0 Å². The van der Waals surface area contributed by atoms with Gasteiger partial charge in [-0.15, -0.1) is 0 Å². The van der Waals surface area contributed by atoms with Gasteiger partial charge in [0.15, 0.2) is 6.10 Å². The topological polar surface area (TPSA) is 231 Å². The Morgan fingerprint density at radius 3 is 0.789 bits per heavy atom. The number of allylic oxidation sites excluding steroid dienone is 20. The van der Waals surface area contributed by atoms with Crippen molar-refractivity contribution in [2.45, 2.75) is 399 Å². The van der Waals surface area contributed by atoms with Gasteiger partial charge in [0.25, 0.3) is 0 Å². The SMILES string of the molecule is CC/C=C\C/C=C\C/C=C\C/C=C\C/C=C\C/C=C\CCCCCCCCCCCCC(=O)OCC(O)COP(=O)(O)OCC(O)COP(=O)(O)OCC(COC(=O)CCCCCCCCCCCCCCC/C=C\C/C=C\C/C=C\C/C=C\CCCCC)OC(=O)CCCCCCCCCCCCCCCCC. The molecule has 0 aromatic rings. The molecule has 0 aliphatic heterocycles. The predicted octanol–water partition coefficient (Wildman–Crippen LogP) is 26.4. The maximum Gasteiger partial charge on any atom is 0.472 e. The van der Waals surface area contributed by atoms with E-state index in [1.807, 2.05) is 0 Å². The lowest BCUT2D eigenvalue weighted by Gasteiger charge is -2.21. The standard InChI is InChI=1S/C91H160O16P2/c1-4-7-10-13-16-19-22-25-28-30-32-34-36-38-40-42-44-46-48-50-52-54-57-59-62-65-68-71-74-77-89(94)101-80-86(92)81-103-108(97,98)104-82-87(93)83-105-109(99,100)106-85-88(107-91(96)79-76-73-70-67-64-61-56-27-24-21-18-15-12-9-6-3)84-102-90(95)78-75-72-69-66-63-60-58-55-53-51-49-47-45-43-41-39-37-35-33-31-29-26-23-20-17-14-11-8-5-2/h7,10,16-17,19-20,25-26,28-29,32-35,38-41,44,46,86-88,92-93H,4-6,8-9,11-15,18,21-24,27,30-31,36-37,42-43,45,47-85H2,1-3H3,(H,97,98)(H,99,100)/b10-7-,19-16-,20-17-,28-25-,29-26-,34-32-,35-33-,40-38-,41-39-,46-44-. The van der Waals surface area contributed by atoms with Gasteiger partial charge in [0.05, 0.1) is 26.4 Å². The van der Waals surface area contributed by atoms with Gasteiger partial charge in [0, 0.05) is 19.3 Å². The van der Waals surface area contributed by atoms with Crippen molar-refractivity contribution in [1.29, 1.82) is 0 Å². The van der Waals surface area contributed by atoms with Crippen LogP contribution in [0.25, 0.3) is 0 Å². The number of hydrogen-bond acceptors (Lipinski definition) is 14. The van der Waals surface area contributed by atoms with Gasteiger partial charge in [-0.1, -0.05) is 367 Å². The zero-order valence-electron chi connectivity index (χ0n) is 69.2. The minimum Gasteiger partial charge on any atom is -0.463 e. The highest BCUT2D eigenvalue weighted by molar-refractivity contribution is 7.47. The number of aliphatic hydroxyl groups excluding tert-OH is 2. The Morgan fingerprint density at radius 1 is 0.266 bits per heavy atom. The first-order valence-corrected chi connectivity index (χ1v) is 46.8. The first kappa shape index (κ1) is 105. The van der Waals surface area contributed by atoms with Gasteiger partial charge in [-0.05, 0) is 116 Å². The molecule has 0 fully saturated rings. The highest BCUT2D eigenvalue weighted by atomic mass is 31.2. The Hall–Kier alpha value is -4.05. The average molecular weight is 1570 g/mol. The van der Waals surface area contributed by atoms with Crippen LogP contribution in [0.15, 0.2) is 122 Å². The summed E-state index contributed by atoms with van der Waals surface area (Å²) in [6.45, 7) is 2.59. The van der Waals surface area contributed by atoms with Crippen molar-refractivity contribution < 1.29 is 75.8 Å². The molecule has 630 valence electrons. The van der Waals surface area contributed by atoms with Gasteiger partial charge in [0.1, 0.15) is 25.4 Å². The molecule has 0 aromatic carbocycles. The zero-order chi connectivity index (χ0) is 79.4. The molecule has 0 bridgehead atoms. The number of esters is 3. The van der Waals surface area contributed by atoms with E-state index in [4.69, 9.17) is 32.3 Å². The molecule has 0 saturated carbocycles. The van der Waals surface area contributed by atoms with Crippen molar-refractivity contribution in [3.63, 3.8) is 0 Å². The number of hydrogen-bond donors (Lipinski definition) is 4. The fourth-order valence-electron chi connectivity index (χ4n) is 12.0. The number of rotatable bonds is 83. The van der Waals surface area contributed by atoms with E-state index in [0.29, 0.717) is 19.3 Å². The summed E-state index contributed by atoms with van der Waals surface area (Å²) in [6.07, 6.45) is 101. The third kappa shape index (κ3) is 84.7. The normalized spacial score (nSPS) is 14.4. The van der Waals surface area contributed by atoms with Crippen LogP contribution in [0, 0.1) is 0 Å². The van der Waals surface area contributed by atoms with Gasteiger partial charge in [-0.2, -0.15) is 0 Å². The predicted molar refractivity (Wildman–Crippen MR) is 454 cm³/mol. The van der Waals surface area contributed by atoms with Crippen molar-refractivity contribution in [1.82, 2.24) is 0 Å². The van der Waals surface area contributed by atoms with Gasteiger partial charge in [-0.25, -0.2) is 9.13 Å². The van der Waals surface area contributed by atoms with Gasteiger partial charge in [0.2, 0.25) is 0 Å². The lowest BCUT2D eigenvalue weighted by atomic mass is 10.0. The molecule has 0 radical (unpaired) electrons. The summed E-state index contributed by atoms with van der Waals surface area (Å²) >= 11 is 0. The number of carbonyl (C=O) groups excluding carboxylic acids is 3. The van der Waals surface area contributed by atoms with Gasteiger partial charge < -0.3 is 34.2 Å². The molecule has 16 nitrogen and oxygen atoms in total. The van der Waals surface area contributed by atoms with Gasteiger partial charge >= 0.3 is 33.6 Å². The number of carbonyl (C=O) groups is 3. The lowest BCUT2D eigenvalue weighted by Crippen LogP contribution is -2.30. The van der Waals surface area contributed by atoms with E-state index >= 15 is 0 Å². The second-order valence-corrected chi connectivity index (χ2v) is 32.2. The molecule has 109 heavy (non-hydrogen) atoms. The molecular weight excluding hydrogens is 1410 g/mol. The van der Waals surface area contributed by atoms with Crippen LogP contribution >= 0.6 is 15.6 Å². The molecule has 0 spiro atoms. The van der Waals surface area contributed by atoms with E-state index in [-0.39, 0.29) is 19.3 Å². The number of phosphoric acid groups is 2. The summed E-state index contributed by atoms with van der Waals surface area (Å²) in [6, 6.07) is 0. The van der Waals surface area contributed by atoms with Crippen molar-refractivity contribution in [2.24, 2.45) is 0 Å². The van der Waals surface area contributed by atoms with Crippen LogP contribution in [-0.2, 0) is 55.8 Å². The van der Waals surface area contributed by atoms with E-state index in [0.717, 1.165) is 141 Å². The molecule has 0 saturated heterocycles. The molecule has 4 N–H and O–H groups in total. The third-order valence-corrected chi connectivity index (χ3v) is 20.6. The first-order valence-electron chi connectivity index (χ1n) is 43.8. The molecule has 5 unspecified atom stereocenters. The average Bonchev–Trinajstić information content (AvgIpc) is 0.903. The summed E-state index contributed by atoms with van der Waals surface area (Å²) in [7, 11) is -9.79. The monoisotopic (exact) mass is 1570 g/mol. The van der Waals surface area contributed by atoms with Crippen LogP contribution in [0.5, 0.6) is 0 Å². The maximum atomic E-state index is 13.0. The largest absolute Gasteiger partial charge is 0.472 e. The molecule has 0 aromatic heterocycles. The Bertz CT molecular complexity index is 2460. The van der Waals surface area contributed by atoms with Crippen LogP contribution in [0.4, 0.5) is 0 Å². The van der Waals surface area contributed by atoms with E-state index < -0.39 is 91.5 Å². The Labute approximate surface area is 665 Å². The molecule has 0 amide bonds. The first-order chi connectivity index (χ1) is 53.2. The molecular formula is C91H160O16P2. The Balaban J connectivity index is 4.51. The highest BCUT2D eigenvalue weighted by Crippen LogP contribution is 2.45. The zero-order valence-corrected chi connectivity index (χ0v) is 71.0. The van der Waals surface area contributed by atoms with Crippen molar-refractivity contribution in [3.8, 4) is 0 Å². The quantitative estimate of drug-likeness (QED) is 0.0146.